The van der Waals surface area contributed by atoms with Crippen LogP contribution in [0.15, 0.2) is 85.1 Å². The average Bonchev–Trinajstić information content (AvgIpc) is 3.37. The third kappa shape index (κ3) is 29.0. The summed E-state index contributed by atoms with van der Waals surface area (Å²) in [4.78, 5) is 13.2. The molecule has 0 aliphatic carbocycles. The third-order valence-electron chi connectivity index (χ3n) is 12.9. The minimum Gasteiger partial charge on any atom is -0.394 e. The summed E-state index contributed by atoms with van der Waals surface area (Å²) in [7, 11) is 0. The van der Waals surface area contributed by atoms with Crippen molar-refractivity contribution in [1.82, 2.24) is 5.32 Å². The fraction of sp³-hybridized carbons (Fsp3) is 0.737. The van der Waals surface area contributed by atoms with Gasteiger partial charge in [-0.25, -0.2) is 0 Å². The number of ether oxygens (including phenoxy) is 4. The Morgan fingerprint density at radius 1 is 0.521 bits per heavy atom. The molecule has 1 amide bonds. The van der Waals surface area contributed by atoms with Crippen molar-refractivity contribution < 1.29 is 64.6 Å². The highest BCUT2D eigenvalue weighted by atomic mass is 16.7. The van der Waals surface area contributed by atoms with Crippen LogP contribution in [-0.4, -0.2) is 140 Å². The molecule has 14 heteroatoms. The quantitative estimate of drug-likeness (QED) is 0.0208. The maximum Gasteiger partial charge on any atom is 0.220 e. The lowest BCUT2D eigenvalue weighted by molar-refractivity contribution is -0.359. The molecule has 2 rings (SSSR count). The molecule has 12 unspecified atom stereocenters. The van der Waals surface area contributed by atoms with Gasteiger partial charge in [-0.2, -0.15) is 0 Å². The van der Waals surface area contributed by atoms with E-state index in [-0.39, 0.29) is 18.9 Å². The molecule has 0 bridgehead atoms. The topological polar surface area (TPSA) is 228 Å². The summed E-state index contributed by atoms with van der Waals surface area (Å²) < 4.78 is 22.7. The zero-order valence-electron chi connectivity index (χ0n) is 43.4. The first kappa shape index (κ1) is 64.3. The molecule has 2 saturated heterocycles. The number of aliphatic hydroxyl groups is 8. The monoisotopic (exact) mass is 1000 g/mol. The molecule has 0 radical (unpaired) electrons. The van der Waals surface area contributed by atoms with Gasteiger partial charge in [0.15, 0.2) is 12.6 Å². The lowest BCUT2D eigenvalue weighted by atomic mass is 9.97. The molecule has 2 aliphatic rings. The van der Waals surface area contributed by atoms with E-state index >= 15 is 0 Å². The second-order valence-electron chi connectivity index (χ2n) is 19.0. The molecule has 408 valence electrons. The Balaban J connectivity index is 1.74. The summed E-state index contributed by atoms with van der Waals surface area (Å²) in [6, 6.07) is -0.843. The van der Waals surface area contributed by atoms with Gasteiger partial charge in [-0.1, -0.05) is 182 Å². The largest absolute Gasteiger partial charge is 0.394 e. The van der Waals surface area contributed by atoms with Crippen LogP contribution in [0, 0.1) is 0 Å². The van der Waals surface area contributed by atoms with Crippen molar-refractivity contribution in [1.29, 1.82) is 0 Å². The van der Waals surface area contributed by atoms with Gasteiger partial charge in [-0.05, 0) is 70.6 Å². The molecule has 12 atom stereocenters. The van der Waals surface area contributed by atoms with Crippen LogP contribution < -0.4 is 5.32 Å². The van der Waals surface area contributed by atoms with Crippen LogP contribution in [0.3, 0.4) is 0 Å². The maximum absolute atomic E-state index is 13.2. The minimum atomic E-state index is -1.79. The minimum absolute atomic E-state index is 0.232. The molecular formula is C57H97NO13. The summed E-state index contributed by atoms with van der Waals surface area (Å²) in [5.74, 6) is -0.232. The number of rotatable bonds is 41. The van der Waals surface area contributed by atoms with E-state index in [1.807, 2.05) is 0 Å². The number of aliphatic hydroxyl groups excluding tert-OH is 8. The maximum atomic E-state index is 13.2. The number of allylic oxidation sites excluding steroid dienone is 14. The van der Waals surface area contributed by atoms with Gasteiger partial charge in [0.2, 0.25) is 5.91 Å². The number of unbranched alkanes of at least 4 members (excludes halogenated alkanes) is 14. The van der Waals surface area contributed by atoms with Crippen molar-refractivity contribution in [2.24, 2.45) is 0 Å². The molecule has 2 aliphatic heterocycles. The summed E-state index contributed by atoms with van der Waals surface area (Å²) >= 11 is 0. The van der Waals surface area contributed by atoms with Crippen molar-refractivity contribution >= 4 is 5.91 Å². The molecule has 0 spiro atoms. The summed E-state index contributed by atoms with van der Waals surface area (Å²) in [5, 5.41) is 86.9. The van der Waals surface area contributed by atoms with Crippen LogP contribution in [0.5, 0.6) is 0 Å². The molecule has 0 aromatic carbocycles. The third-order valence-corrected chi connectivity index (χ3v) is 12.9. The zero-order chi connectivity index (χ0) is 51.7. The molecule has 2 heterocycles. The number of hydrogen-bond acceptors (Lipinski definition) is 13. The Hall–Kier alpha value is -2.83. The first-order valence-corrected chi connectivity index (χ1v) is 27.3. The number of nitrogens with one attached hydrogen (secondary N) is 1. The van der Waals surface area contributed by atoms with Gasteiger partial charge in [0.25, 0.3) is 0 Å². The van der Waals surface area contributed by atoms with Crippen molar-refractivity contribution in [2.45, 2.75) is 248 Å². The van der Waals surface area contributed by atoms with Crippen molar-refractivity contribution in [3.8, 4) is 0 Å². The van der Waals surface area contributed by atoms with Gasteiger partial charge in [-0.15, -0.1) is 0 Å². The standard InChI is InChI=1S/C57H97NO13/c1-3-5-7-9-11-13-15-16-17-18-19-20-21-22-23-24-25-26-27-28-29-30-31-33-35-37-39-41-49(62)58-45(46(61)40-38-36-34-32-14-12-10-8-6-4-2)44-68-56-54(67)52(65)55(48(43-60)70-56)71-57-53(66)51(64)50(63)47(42-59)69-57/h5,7,11,13,16-17,19-20,22-23,25-26,28-29,45-48,50-57,59-61,63-67H,3-4,6,8-10,12,14-15,18,21,24,27,30-44H2,1-2H3,(H,58,62)/b7-5-,13-11-,17-16-,20-19-,23-22-,26-25-,29-28-. The average molecular weight is 1000 g/mol. The van der Waals surface area contributed by atoms with E-state index in [0.717, 1.165) is 103 Å². The number of hydrogen-bond donors (Lipinski definition) is 9. The number of carbonyl (C=O) groups is 1. The van der Waals surface area contributed by atoms with Crippen LogP contribution in [0.25, 0.3) is 0 Å². The Kier molecular flexibility index (Phi) is 38.5. The molecular weight excluding hydrogens is 907 g/mol. The van der Waals surface area contributed by atoms with E-state index in [2.05, 4.69) is 104 Å². The van der Waals surface area contributed by atoms with Gasteiger partial charge in [0.05, 0.1) is 32.0 Å². The lowest BCUT2D eigenvalue weighted by Crippen LogP contribution is -2.65. The van der Waals surface area contributed by atoms with E-state index < -0.39 is 86.8 Å². The molecule has 0 aromatic rings. The highest BCUT2D eigenvalue weighted by Gasteiger charge is 2.51. The number of amides is 1. The summed E-state index contributed by atoms with van der Waals surface area (Å²) in [5.41, 5.74) is 0. The van der Waals surface area contributed by atoms with Crippen LogP contribution in [0.4, 0.5) is 0 Å². The van der Waals surface area contributed by atoms with E-state index in [4.69, 9.17) is 18.9 Å². The van der Waals surface area contributed by atoms with E-state index in [9.17, 15) is 45.6 Å². The van der Waals surface area contributed by atoms with Gasteiger partial charge >= 0.3 is 0 Å². The van der Waals surface area contributed by atoms with Gasteiger partial charge in [-0.3, -0.25) is 4.79 Å². The first-order chi connectivity index (χ1) is 34.6. The predicted octanol–water partition coefficient (Wildman–Crippen LogP) is 8.16. The van der Waals surface area contributed by atoms with Gasteiger partial charge < -0.3 is 65.1 Å². The van der Waals surface area contributed by atoms with E-state index in [1.54, 1.807) is 0 Å². The van der Waals surface area contributed by atoms with Crippen LogP contribution in [0.2, 0.25) is 0 Å². The van der Waals surface area contributed by atoms with Gasteiger partial charge in [0, 0.05) is 6.42 Å². The van der Waals surface area contributed by atoms with Crippen LogP contribution >= 0.6 is 0 Å². The number of carbonyl (C=O) groups excluding carboxylic acids is 1. The molecule has 14 nitrogen and oxygen atoms in total. The normalized spacial score (nSPS) is 26.5. The van der Waals surface area contributed by atoms with Crippen LogP contribution in [0.1, 0.15) is 174 Å². The molecule has 0 saturated carbocycles. The summed E-state index contributed by atoms with van der Waals surface area (Å²) in [6.07, 6.45) is 38.8. The fourth-order valence-electron chi connectivity index (χ4n) is 8.45. The van der Waals surface area contributed by atoms with Crippen molar-refractivity contribution in [2.75, 3.05) is 19.8 Å². The van der Waals surface area contributed by atoms with Crippen molar-refractivity contribution in [3.63, 3.8) is 0 Å². The highest BCUT2D eigenvalue weighted by molar-refractivity contribution is 5.76. The second kappa shape index (κ2) is 42.5. The summed E-state index contributed by atoms with van der Waals surface area (Å²) in [6.45, 7) is 2.68. The molecule has 0 aromatic heterocycles. The first-order valence-electron chi connectivity index (χ1n) is 27.3. The molecule has 71 heavy (non-hydrogen) atoms. The molecule has 9 N–H and O–H groups in total. The smallest absolute Gasteiger partial charge is 0.220 e. The Bertz CT molecular complexity index is 1510. The van der Waals surface area contributed by atoms with Gasteiger partial charge in [0.1, 0.15) is 48.8 Å². The van der Waals surface area contributed by atoms with Crippen molar-refractivity contribution in [3.05, 3.63) is 85.1 Å². The second-order valence-corrected chi connectivity index (χ2v) is 19.0. The Labute approximate surface area is 427 Å². The zero-order valence-corrected chi connectivity index (χ0v) is 43.4. The van der Waals surface area contributed by atoms with E-state index in [1.165, 1.54) is 38.5 Å². The lowest BCUT2D eigenvalue weighted by Gasteiger charge is -2.46. The van der Waals surface area contributed by atoms with E-state index in [0.29, 0.717) is 12.8 Å². The Morgan fingerprint density at radius 3 is 1.49 bits per heavy atom. The van der Waals surface area contributed by atoms with Crippen LogP contribution in [-0.2, 0) is 23.7 Å². The fourth-order valence-corrected chi connectivity index (χ4v) is 8.45. The Morgan fingerprint density at radius 2 is 0.972 bits per heavy atom. The highest BCUT2D eigenvalue weighted by Crippen LogP contribution is 2.30. The SMILES string of the molecule is CC/C=C\C/C=C\C/C=C\C/C=C\C/C=C\C/C=C\C/C=C\CCCCCCCC(=O)NC(COC1OC(CO)C(OC2OC(CO)C(O)C(O)C2O)C(O)C1O)C(O)CCCCCCCCCCCC. The molecule has 2 fully saturated rings. The predicted molar refractivity (Wildman–Crippen MR) is 281 cm³/mol.